The van der Waals surface area contributed by atoms with E-state index in [4.69, 9.17) is 9.47 Å². The van der Waals surface area contributed by atoms with Gasteiger partial charge in [-0.05, 0) is 17.0 Å². The van der Waals surface area contributed by atoms with Crippen LogP contribution in [0.1, 0.15) is 31.4 Å². The Bertz CT molecular complexity index is 886. The maximum Gasteiger partial charge on any atom is 0.410 e. The van der Waals surface area contributed by atoms with E-state index in [-0.39, 0.29) is 31.4 Å². The van der Waals surface area contributed by atoms with Crippen LogP contribution in [0.5, 0.6) is 0 Å². The van der Waals surface area contributed by atoms with Crippen molar-refractivity contribution < 1.29 is 23.9 Å². The highest BCUT2D eigenvalue weighted by atomic mass is 16.6. The summed E-state index contributed by atoms with van der Waals surface area (Å²) in [4.78, 5) is 40.5. The van der Waals surface area contributed by atoms with E-state index in [0.29, 0.717) is 13.0 Å². The van der Waals surface area contributed by atoms with E-state index in [9.17, 15) is 14.4 Å². The molecule has 7 heteroatoms. The minimum Gasteiger partial charge on any atom is -0.458 e. The van der Waals surface area contributed by atoms with Crippen LogP contribution in [0.2, 0.25) is 0 Å². The van der Waals surface area contributed by atoms with Gasteiger partial charge in [-0.15, -0.1) is 0 Å². The summed E-state index contributed by atoms with van der Waals surface area (Å²) < 4.78 is 11.0. The summed E-state index contributed by atoms with van der Waals surface area (Å²) in [5.74, 6) is -0.310. The second kappa shape index (κ2) is 13.3. The maximum atomic E-state index is 12.8. The standard InChI is InChI=1S/C26H34N2O5/c1-20(2)17-24(29)27(3)15-16-28(4)26(31)33-23(18-21-11-7-5-8-12-21)25(30)32-19-22-13-9-6-10-14-22/h5-14,20,23H,15-19H2,1-4H3/t23-/m0/s1. The number of ether oxygens (including phenoxy) is 2. The van der Waals surface area contributed by atoms with Crippen LogP contribution >= 0.6 is 0 Å². The van der Waals surface area contributed by atoms with Gasteiger partial charge >= 0.3 is 12.1 Å². The lowest BCUT2D eigenvalue weighted by atomic mass is 10.1. The van der Waals surface area contributed by atoms with Gasteiger partial charge < -0.3 is 19.3 Å². The Labute approximate surface area is 196 Å². The van der Waals surface area contributed by atoms with Crippen LogP contribution in [0, 0.1) is 5.92 Å². The fourth-order valence-corrected chi connectivity index (χ4v) is 3.06. The van der Waals surface area contributed by atoms with Crippen molar-refractivity contribution in [1.82, 2.24) is 9.80 Å². The van der Waals surface area contributed by atoms with Crippen molar-refractivity contribution in [3.05, 3.63) is 71.8 Å². The molecule has 0 aromatic heterocycles. The number of carbonyl (C=O) groups excluding carboxylic acids is 3. The molecular weight excluding hydrogens is 420 g/mol. The first-order valence-electron chi connectivity index (χ1n) is 11.2. The van der Waals surface area contributed by atoms with Crippen molar-refractivity contribution >= 4 is 18.0 Å². The van der Waals surface area contributed by atoms with Crippen LogP contribution in [-0.2, 0) is 32.1 Å². The molecule has 2 aromatic rings. The molecule has 0 N–H and O–H groups in total. The highest BCUT2D eigenvalue weighted by Gasteiger charge is 2.27. The van der Waals surface area contributed by atoms with E-state index in [1.54, 1.807) is 19.0 Å². The molecule has 0 aliphatic rings. The lowest BCUT2D eigenvalue weighted by Gasteiger charge is -2.24. The van der Waals surface area contributed by atoms with E-state index >= 15 is 0 Å². The van der Waals surface area contributed by atoms with E-state index < -0.39 is 18.2 Å². The number of benzene rings is 2. The summed E-state index contributed by atoms with van der Waals surface area (Å²) in [6, 6.07) is 18.7. The summed E-state index contributed by atoms with van der Waals surface area (Å²) in [6.07, 6.45) is -1.05. The summed E-state index contributed by atoms with van der Waals surface area (Å²) in [5.41, 5.74) is 1.70. The minimum atomic E-state index is -1.08. The van der Waals surface area contributed by atoms with Crippen LogP contribution in [0.15, 0.2) is 60.7 Å². The largest absolute Gasteiger partial charge is 0.458 e. The summed E-state index contributed by atoms with van der Waals surface area (Å²) in [6.45, 7) is 4.73. The Morgan fingerprint density at radius 3 is 1.94 bits per heavy atom. The van der Waals surface area contributed by atoms with Gasteiger partial charge in [0.05, 0.1) is 0 Å². The van der Waals surface area contributed by atoms with E-state index in [1.807, 2.05) is 74.5 Å². The van der Waals surface area contributed by atoms with Gasteiger partial charge in [0.15, 0.2) is 0 Å². The van der Waals surface area contributed by atoms with Gasteiger partial charge in [0.1, 0.15) is 6.61 Å². The predicted octanol–water partition coefficient (Wildman–Crippen LogP) is 3.91. The van der Waals surface area contributed by atoms with Crippen LogP contribution in [-0.4, -0.2) is 61.1 Å². The normalized spacial score (nSPS) is 11.5. The molecule has 1 atom stereocenters. The highest BCUT2D eigenvalue weighted by Crippen LogP contribution is 2.11. The third-order valence-corrected chi connectivity index (χ3v) is 5.08. The smallest absolute Gasteiger partial charge is 0.410 e. The molecule has 33 heavy (non-hydrogen) atoms. The molecule has 0 spiro atoms. The molecule has 0 aliphatic heterocycles. The first kappa shape index (κ1) is 25.9. The predicted molar refractivity (Wildman–Crippen MR) is 126 cm³/mol. The fourth-order valence-electron chi connectivity index (χ4n) is 3.06. The monoisotopic (exact) mass is 454 g/mol. The topological polar surface area (TPSA) is 76.2 Å². The lowest BCUT2D eigenvalue weighted by molar-refractivity contribution is -0.155. The second-order valence-corrected chi connectivity index (χ2v) is 8.49. The quantitative estimate of drug-likeness (QED) is 0.481. The second-order valence-electron chi connectivity index (χ2n) is 8.49. The molecule has 0 fully saturated rings. The Hall–Kier alpha value is -3.35. The van der Waals surface area contributed by atoms with Gasteiger partial charge in [0.25, 0.3) is 0 Å². The summed E-state index contributed by atoms with van der Waals surface area (Å²) >= 11 is 0. The van der Waals surface area contributed by atoms with Gasteiger partial charge in [0, 0.05) is 40.0 Å². The van der Waals surface area contributed by atoms with Crippen molar-refractivity contribution in [3.63, 3.8) is 0 Å². The lowest BCUT2D eigenvalue weighted by Crippen LogP contribution is -2.41. The zero-order valence-electron chi connectivity index (χ0n) is 19.9. The number of carbonyl (C=O) groups is 3. The zero-order chi connectivity index (χ0) is 24.2. The van der Waals surface area contributed by atoms with Gasteiger partial charge in [-0.25, -0.2) is 9.59 Å². The average Bonchev–Trinajstić information content (AvgIpc) is 2.81. The molecule has 0 saturated carbocycles. The number of hydrogen-bond acceptors (Lipinski definition) is 5. The molecule has 7 nitrogen and oxygen atoms in total. The van der Waals surface area contributed by atoms with Crippen molar-refractivity contribution in [2.45, 2.75) is 39.4 Å². The van der Waals surface area contributed by atoms with E-state index in [0.717, 1.165) is 11.1 Å². The first-order valence-corrected chi connectivity index (χ1v) is 11.2. The molecular formula is C26H34N2O5. The van der Waals surface area contributed by atoms with Gasteiger partial charge in [-0.2, -0.15) is 0 Å². The Balaban J connectivity index is 1.96. The maximum absolute atomic E-state index is 12.8. The summed E-state index contributed by atoms with van der Waals surface area (Å²) in [5, 5.41) is 0. The van der Waals surface area contributed by atoms with Crippen molar-refractivity contribution in [1.29, 1.82) is 0 Å². The molecule has 0 aliphatic carbocycles. The van der Waals surface area contributed by atoms with Gasteiger partial charge in [-0.1, -0.05) is 74.5 Å². The Kier molecular flexibility index (Phi) is 10.4. The minimum absolute atomic E-state index is 0.0261. The molecule has 178 valence electrons. The molecule has 0 bridgehead atoms. The van der Waals surface area contributed by atoms with Crippen molar-refractivity contribution in [3.8, 4) is 0 Å². The van der Waals surface area contributed by atoms with Gasteiger partial charge in [0.2, 0.25) is 12.0 Å². The van der Waals surface area contributed by atoms with E-state index in [1.165, 1.54) is 4.90 Å². The van der Waals surface area contributed by atoms with Crippen molar-refractivity contribution in [2.75, 3.05) is 27.2 Å². The molecule has 0 saturated heterocycles. The zero-order valence-corrected chi connectivity index (χ0v) is 19.9. The highest BCUT2D eigenvalue weighted by molar-refractivity contribution is 5.79. The number of esters is 1. The number of hydrogen-bond donors (Lipinski definition) is 0. The summed E-state index contributed by atoms with van der Waals surface area (Å²) in [7, 11) is 3.29. The Morgan fingerprint density at radius 1 is 0.818 bits per heavy atom. The molecule has 0 unspecified atom stereocenters. The fraction of sp³-hybridized carbons (Fsp3) is 0.423. The first-order chi connectivity index (χ1) is 15.8. The van der Waals surface area contributed by atoms with Crippen LogP contribution in [0.25, 0.3) is 0 Å². The third kappa shape index (κ3) is 9.35. The third-order valence-electron chi connectivity index (χ3n) is 5.08. The average molecular weight is 455 g/mol. The molecule has 0 radical (unpaired) electrons. The molecule has 0 heterocycles. The molecule has 2 aromatic carbocycles. The van der Waals surface area contributed by atoms with Crippen LogP contribution < -0.4 is 0 Å². The Morgan fingerprint density at radius 2 is 1.36 bits per heavy atom. The number of likely N-dealkylation sites (N-methyl/N-ethyl adjacent to an activating group) is 2. The number of rotatable bonds is 11. The number of amides is 2. The van der Waals surface area contributed by atoms with Crippen LogP contribution in [0.3, 0.4) is 0 Å². The number of nitrogens with zero attached hydrogens (tertiary/aromatic N) is 2. The SMILES string of the molecule is CC(C)CC(=O)N(C)CCN(C)C(=O)O[C@@H](Cc1ccccc1)C(=O)OCc1ccccc1. The molecule has 2 rings (SSSR count). The molecule has 2 amide bonds. The van der Waals surface area contributed by atoms with Crippen molar-refractivity contribution in [2.24, 2.45) is 5.92 Å². The van der Waals surface area contributed by atoms with Crippen LogP contribution in [0.4, 0.5) is 4.79 Å². The van der Waals surface area contributed by atoms with E-state index in [2.05, 4.69) is 0 Å². The van der Waals surface area contributed by atoms with Gasteiger partial charge in [-0.3, -0.25) is 4.79 Å².